The summed E-state index contributed by atoms with van der Waals surface area (Å²) in [5, 5.41) is 43.4. The highest BCUT2D eigenvalue weighted by atomic mass is 16.5. The molecule has 2 aromatic rings. The van der Waals surface area contributed by atoms with Crippen molar-refractivity contribution in [3.8, 4) is 0 Å². The quantitative estimate of drug-likeness (QED) is 0.164. The van der Waals surface area contributed by atoms with Crippen LogP contribution in [0.4, 0.5) is 5.69 Å². The minimum atomic E-state index is -1.52. The number of nitrogens with two attached hydrogens (primary N) is 1. The van der Waals surface area contributed by atoms with E-state index in [4.69, 9.17) is 14.9 Å². The Bertz CT molecular complexity index is 976. The zero-order chi connectivity index (χ0) is 23.3. The summed E-state index contributed by atoms with van der Waals surface area (Å²) in [6.07, 6.45) is -1.90. The van der Waals surface area contributed by atoms with Crippen molar-refractivity contribution >= 4 is 23.1 Å². The Morgan fingerprint density at radius 3 is 2.47 bits per heavy atom. The SMILES string of the molecule is NCCCCCCc1cc2cc(NC=O)c(=O)oc2cc1[C@@H]1O[C@H](CO)[C@H](O)[C@H](O)[C@H]1O. The number of carbonyl (C=O) groups is 1. The van der Waals surface area contributed by atoms with Crippen molar-refractivity contribution in [1.82, 2.24) is 0 Å². The third-order valence-electron chi connectivity index (χ3n) is 5.81. The van der Waals surface area contributed by atoms with Crippen LogP contribution >= 0.6 is 0 Å². The number of aliphatic hydroxyl groups excluding tert-OH is 4. The Morgan fingerprint density at radius 1 is 1.03 bits per heavy atom. The number of hydrogen-bond donors (Lipinski definition) is 6. The summed E-state index contributed by atoms with van der Waals surface area (Å²) in [6.45, 7) is 0.0803. The molecule has 3 rings (SSSR count). The molecule has 1 amide bonds. The molecule has 0 saturated carbocycles. The zero-order valence-electron chi connectivity index (χ0n) is 17.6. The molecule has 1 aromatic heterocycles. The molecule has 1 aliphatic heterocycles. The first-order valence-corrected chi connectivity index (χ1v) is 10.7. The summed E-state index contributed by atoms with van der Waals surface area (Å²) in [5.74, 6) is 0. The maximum Gasteiger partial charge on any atom is 0.360 e. The Labute approximate surface area is 184 Å². The lowest BCUT2D eigenvalue weighted by molar-refractivity contribution is -0.231. The Kier molecular flexibility index (Phi) is 8.35. The highest BCUT2D eigenvalue weighted by molar-refractivity contribution is 5.84. The number of aryl methyl sites for hydroxylation is 1. The van der Waals surface area contributed by atoms with Gasteiger partial charge in [-0.25, -0.2) is 4.79 Å². The first kappa shape index (κ1) is 24.3. The third-order valence-corrected chi connectivity index (χ3v) is 5.81. The Hall–Kier alpha value is -2.34. The molecule has 10 heteroatoms. The summed E-state index contributed by atoms with van der Waals surface area (Å²) in [7, 11) is 0. The van der Waals surface area contributed by atoms with Crippen LogP contribution in [0, 0.1) is 0 Å². The van der Waals surface area contributed by atoms with E-state index in [1.807, 2.05) is 0 Å². The molecule has 1 aromatic carbocycles. The summed E-state index contributed by atoms with van der Waals surface area (Å²) in [6, 6.07) is 4.85. The number of benzene rings is 1. The van der Waals surface area contributed by atoms with Crippen molar-refractivity contribution in [3.63, 3.8) is 0 Å². The van der Waals surface area contributed by atoms with Gasteiger partial charge in [0, 0.05) is 5.39 Å². The molecule has 7 N–H and O–H groups in total. The van der Waals surface area contributed by atoms with Crippen LogP contribution in [0.2, 0.25) is 0 Å². The monoisotopic (exact) mass is 450 g/mol. The maximum absolute atomic E-state index is 12.1. The fraction of sp³-hybridized carbons (Fsp3) is 0.545. The molecule has 0 unspecified atom stereocenters. The largest absolute Gasteiger partial charge is 0.421 e. The predicted octanol–water partition coefficient (Wildman–Crippen LogP) is -0.0622. The molecule has 32 heavy (non-hydrogen) atoms. The van der Waals surface area contributed by atoms with Gasteiger partial charge in [0.25, 0.3) is 0 Å². The van der Waals surface area contributed by atoms with Crippen LogP contribution in [0.3, 0.4) is 0 Å². The van der Waals surface area contributed by atoms with E-state index in [2.05, 4.69) is 5.32 Å². The van der Waals surface area contributed by atoms with Gasteiger partial charge in [0.2, 0.25) is 6.41 Å². The van der Waals surface area contributed by atoms with E-state index < -0.39 is 42.8 Å². The average Bonchev–Trinajstić information content (AvgIpc) is 2.78. The number of anilines is 1. The highest BCUT2D eigenvalue weighted by Gasteiger charge is 2.44. The normalized spacial score (nSPS) is 25.7. The molecule has 0 aliphatic carbocycles. The lowest BCUT2D eigenvalue weighted by atomic mass is 9.87. The minimum Gasteiger partial charge on any atom is -0.421 e. The van der Waals surface area contributed by atoms with Gasteiger partial charge in [-0.15, -0.1) is 0 Å². The number of unbranched alkanes of at least 4 members (excludes halogenated alkanes) is 3. The first-order chi connectivity index (χ1) is 15.4. The van der Waals surface area contributed by atoms with Crippen molar-refractivity contribution in [3.05, 3.63) is 39.7 Å². The topological polar surface area (TPSA) is 175 Å². The number of nitrogens with one attached hydrogen (secondary N) is 1. The van der Waals surface area contributed by atoms with Gasteiger partial charge in [-0.3, -0.25) is 4.79 Å². The molecule has 176 valence electrons. The van der Waals surface area contributed by atoms with Crippen LogP contribution in [-0.4, -0.2) is 64.4 Å². The van der Waals surface area contributed by atoms with Crippen LogP contribution in [-0.2, 0) is 16.0 Å². The van der Waals surface area contributed by atoms with E-state index in [1.165, 1.54) is 6.07 Å². The second-order valence-corrected chi connectivity index (χ2v) is 8.00. The molecule has 10 nitrogen and oxygen atoms in total. The van der Waals surface area contributed by atoms with Crippen molar-refractivity contribution in [1.29, 1.82) is 0 Å². The first-order valence-electron chi connectivity index (χ1n) is 10.7. The number of amides is 1. The molecule has 1 saturated heterocycles. The Balaban J connectivity index is 2.02. The van der Waals surface area contributed by atoms with Gasteiger partial charge in [0.15, 0.2) is 0 Å². The molecule has 0 spiro atoms. The van der Waals surface area contributed by atoms with Crippen LogP contribution in [0.25, 0.3) is 11.0 Å². The van der Waals surface area contributed by atoms with E-state index >= 15 is 0 Å². The average molecular weight is 450 g/mol. The summed E-state index contributed by atoms with van der Waals surface area (Å²) in [4.78, 5) is 22.9. The number of carbonyl (C=O) groups excluding carboxylic acids is 1. The molecule has 0 bridgehead atoms. The molecule has 5 atom stereocenters. The van der Waals surface area contributed by atoms with E-state index in [0.29, 0.717) is 30.3 Å². The van der Waals surface area contributed by atoms with Gasteiger partial charge >= 0.3 is 5.63 Å². The Morgan fingerprint density at radius 2 is 1.78 bits per heavy atom. The van der Waals surface area contributed by atoms with Gasteiger partial charge in [0.1, 0.15) is 41.8 Å². The van der Waals surface area contributed by atoms with Crippen molar-refractivity contribution in [2.45, 2.75) is 62.6 Å². The highest BCUT2D eigenvalue weighted by Crippen LogP contribution is 2.36. The van der Waals surface area contributed by atoms with Gasteiger partial charge in [-0.05, 0) is 55.1 Å². The van der Waals surface area contributed by atoms with E-state index in [9.17, 15) is 30.0 Å². The molecular formula is C22H30N2O8. The van der Waals surface area contributed by atoms with Gasteiger partial charge in [-0.2, -0.15) is 0 Å². The number of rotatable bonds is 10. The van der Waals surface area contributed by atoms with Crippen LogP contribution in [0.5, 0.6) is 0 Å². The minimum absolute atomic E-state index is 0.00184. The van der Waals surface area contributed by atoms with Crippen LogP contribution < -0.4 is 16.7 Å². The summed E-state index contributed by atoms with van der Waals surface area (Å²) in [5.41, 5.74) is 6.31. The van der Waals surface area contributed by atoms with Crippen molar-refractivity contribution in [2.24, 2.45) is 5.73 Å². The smallest absolute Gasteiger partial charge is 0.360 e. The molecule has 1 fully saturated rings. The molecule has 0 radical (unpaired) electrons. The number of ether oxygens (including phenoxy) is 1. The van der Waals surface area contributed by atoms with Crippen molar-refractivity contribution < 1.29 is 34.4 Å². The molecule has 1 aliphatic rings. The van der Waals surface area contributed by atoms with Crippen LogP contribution in [0.15, 0.2) is 27.4 Å². The fourth-order valence-corrected chi connectivity index (χ4v) is 4.05. The van der Waals surface area contributed by atoms with Crippen LogP contribution in [0.1, 0.15) is 42.9 Å². The number of fused-ring (bicyclic) bond motifs is 1. The standard InChI is InChI=1S/C22H30N2O8/c23-6-4-2-1-3-5-12-7-13-8-15(24-11-26)22(30)32-16(13)9-14(12)21-20(29)19(28)18(27)17(10-25)31-21/h7-9,11,17-21,25,27-29H,1-6,10,23H2,(H,24,26)/t17-,18+,19+,20-,21+/m1/s1. The lowest BCUT2D eigenvalue weighted by Gasteiger charge is -2.40. The number of aliphatic hydroxyl groups is 4. The molecule has 2 heterocycles. The molecular weight excluding hydrogens is 420 g/mol. The summed E-state index contributed by atoms with van der Waals surface area (Å²) >= 11 is 0. The van der Waals surface area contributed by atoms with E-state index in [0.717, 1.165) is 31.2 Å². The second kappa shape index (κ2) is 11.0. The maximum atomic E-state index is 12.1. The van der Waals surface area contributed by atoms with Gasteiger partial charge in [-0.1, -0.05) is 12.8 Å². The predicted molar refractivity (Wildman–Crippen MR) is 116 cm³/mol. The summed E-state index contributed by atoms with van der Waals surface area (Å²) < 4.78 is 11.1. The second-order valence-electron chi connectivity index (χ2n) is 8.00. The number of hydrogen-bond acceptors (Lipinski definition) is 9. The van der Waals surface area contributed by atoms with E-state index in [1.54, 1.807) is 12.1 Å². The fourth-order valence-electron chi connectivity index (χ4n) is 4.05. The lowest BCUT2D eigenvalue weighted by Crippen LogP contribution is -2.55. The zero-order valence-corrected chi connectivity index (χ0v) is 17.6. The van der Waals surface area contributed by atoms with Crippen molar-refractivity contribution in [2.75, 3.05) is 18.5 Å². The van der Waals surface area contributed by atoms with Gasteiger partial charge < -0.3 is 40.6 Å². The van der Waals surface area contributed by atoms with Gasteiger partial charge in [0.05, 0.1) is 6.61 Å². The third kappa shape index (κ3) is 5.17. The van der Waals surface area contributed by atoms with E-state index in [-0.39, 0.29) is 11.3 Å².